The van der Waals surface area contributed by atoms with Crippen molar-refractivity contribution in [2.24, 2.45) is 0 Å². The minimum absolute atomic E-state index is 0. The van der Waals surface area contributed by atoms with Crippen LogP contribution in [0, 0.1) is 0 Å². The van der Waals surface area contributed by atoms with Crippen LogP contribution >= 0.6 is 12.4 Å². The molecule has 0 fully saturated rings. The van der Waals surface area contributed by atoms with Crippen LogP contribution in [-0.4, -0.2) is 25.3 Å². The fourth-order valence-electron chi connectivity index (χ4n) is 2.19. The zero-order valence-electron chi connectivity index (χ0n) is 10.9. The van der Waals surface area contributed by atoms with Gasteiger partial charge in [-0.25, -0.2) is 4.79 Å². The highest BCUT2D eigenvalue weighted by Gasteiger charge is 2.16. The molecule has 19 heavy (non-hydrogen) atoms. The van der Waals surface area contributed by atoms with E-state index in [0.717, 1.165) is 24.0 Å². The maximum absolute atomic E-state index is 11.1. The molecule has 1 aromatic rings. The van der Waals surface area contributed by atoms with Gasteiger partial charge in [-0.1, -0.05) is 0 Å². The molecule has 0 aliphatic heterocycles. The molecule has 0 aromatic heterocycles. The van der Waals surface area contributed by atoms with E-state index < -0.39 is 5.97 Å². The number of carbonyl (C=O) groups is 1. The molecule has 0 heterocycles. The lowest BCUT2D eigenvalue weighted by atomic mass is 10.0. The van der Waals surface area contributed by atoms with Crippen LogP contribution in [0.25, 0.3) is 6.08 Å². The van der Waals surface area contributed by atoms with Crippen molar-refractivity contribution in [2.75, 3.05) is 14.2 Å². The highest BCUT2D eigenvalue weighted by atomic mass is 35.5. The first-order valence-corrected chi connectivity index (χ1v) is 5.84. The fourth-order valence-corrected chi connectivity index (χ4v) is 2.19. The molecule has 0 spiro atoms. The van der Waals surface area contributed by atoms with Crippen LogP contribution in [0.2, 0.25) is 0 Å². The Balaban J connectivity index is 0.00000180. The number of aliphatic carboxylic acids is 1. The highest BCUT2D eigenvalue weighted by molar-refractivity contribution is 5.92. The average molecular weight is 285 g/mol. The standard InChI is InChI=1S/C14H16O4.ClH/c1-17-12-7-9-4-3-5-10(14(15)16)6-11(9)8-13(12)18-2;/h6-8H,3-5H2,1-2H3,(H,15,16);1H. The van der Waals surface area contributed by atoms with E-state index in [4.69, 9.17) is 14.6 Å². The van der Waals surface area contributed by atoms with E-state index in [1.807, 2.05) is 12.1 Å². The molecule has 0 radical (unpaired) electrons. The first-order valence-electron chi connectivity index (χ1n) is 5.84. The number of halogens is 1. The van der Waals surface area contributed by atoms with Gasteiger partial charge < -0.3 is 14.6 Å². The van der Waals surface area contributed by atoms with Crippen LogP contribution in [-0.2, 0) is 11.2 Å². The number of hydrogen-bond donors (Lipinski definition) is 1. The topological polar surface area (TPSA) is 55.8 Å². The molecule has 1 N–H and O–H groups in total. The highest BCUT2D eigenvalue weighted by Crippen LogP contribution is 2.34. The summed E-state index contributed by atoms with van der Waals surface area (Å²) in [6.45, 7) is 0. The van der Waals surface area contributed by atoms with Crippen molar-refractivity contribution in [1.82, 2.24) is 0 Å². The lowest BCUT2D eigenvalue weighted by Crippen LogP contribution is -1.99. The van der Waals surface area contributed by atoms with Crippen LogP contribution in [0.15, 0.2) is 17.7 Å². The second kappa shape index (κ2) is 6.48. The van der Waals surface area contributed by atoms with Crippen LogP contribution in [0.1, 0.15) is 24.0 Å². The van der Waals surface area contributed by atoms with Gasteiger partial charge in [-0.2, -0.15) is 0 Å². The Morgan fingerprint density at radius 1 is 1.16 bits per heavy atom. The number of benzene rings is 1. The Morgan fingerprint density at radius 3 is 2.37 bits per heavy atom. The predicted octanol–water partition coefficient (Wildman–Crippen LogP) is 2.93. The summed E-state index contributed by atoms with van der Waals surface area (Å²) in [7, 11) is 3.17. The van der Waals surface area contributed by atoms with Gasteiger partial charge in [0.2, 0.25) is 0 Å². The van der Waals surface area contributed by atoms with Crippen molar-refractivity contribution in [3.63, 3.8) is 0 Å². The number of carboxylic acids is 1. The normalized spacial score (nSPS) is 13.5. The molecule has 1 aliphatic rings. The second-order valence-electron chi connectivity index (χ2n) is 4.23. The Bertz CT molecular complexity index is 508. The Labute approximate surface area is 118 Å². The summed E-state index contributed by atoms with van der Waals surface area (Å²) < 4.78 is 10.5. The van der Waals surface area contributed by atoms with E-state index in [0.29, 0.717) is 23.5 Å². The van der Waals surface area contributed by atoms with E-state index in [-0.39, 0.29) is 12.4 Å². The maximum atomic E-state index is 11.1. The maximum Gasteiger partial charge on any atom is 0.331 e. The molecule has 0 bridgehead atoms. The largest absolute Gasteiger partial charge is 0.493 e. The predicted molar refractivity (Wildman–Crippen MR) is 75.3 cm³/mol. The van der Waals surface area contributed by atoms with Gasteiger partial charge in [-0.15, -0.1) is 12.4 Å². The van der Waals surface area contributed by atoms with Crippen molar-refractivity contribution >= 4 is 24.5 Å². The van der Waals surface area contributed by atoms with Gasteiger partial charge in [0, 0.05) is 5.57 Å². The van der Waals surface area contributed by atoms with Gasteiger partial charge in [-0.05, 0) is 48.6 Å². The minimum atomic E-state index is -0.849. The molecule has 0 amide bonds. The number of rotatable bonds is 3. The first kappa shape index (κ1) is 15.4. The monoisotopic (exact) mass is 284 g/mol. The summed E-state index contributed by atoms with van der Waals surface area (Å²) >= 11 is 0. The van der Waals surface area contributed by atoms with Crippen molar-refractivity contribution in [1.29, 1.82) is 0 Å². The third-order valence-corrected chi connectivity index (χ3v) is 3.14. The van der Waals surface area contributed by atoms with E-state index in [9.17, 15) is 4.79 Å². The first-order chi connectivity index (χ1) is 8.65. The van der Waals surface area contributed by atoms with Crippen molar-refractivity contribution in [2.45, 2.75) is 19.3 Å². The molecular formula is C14H17ClO4. The number of fused-ring (bicyclic) bond motifs is 1. The van der Waals surface area contributed by atoms with E-state index in [1.165, 1.54) is 0 Å². The fraction of sp³-hybridized carbons (Fsp3) is 0.357. The van der Waals surface area contributed by atoms with Gasteiger partial charge in [0.1, 0.15) is 0 Å². The number of ether oxygens (including phenoxy) is 2. The Morgan fingerprint density at radius 2 is 1.79 bits per heavy atom. The number of carboxylic acid groups (broad SMARTS) is 1. The molecule has 1 aliphatic carbocycles. The van der Waals surface area contributed by atoms with Crippen LogP contribution in [0.3, 0.4) is 0 Å². The van der Waals surface area contributed by atoms with Gasteiger partial charge in [0.25, 0.3) is 0 Å². The summed E-state index contributed by atoms with van der Waals surface area (Å²) in [5.74, 6) is 0.459. The SMILES string of the molecule is COc1cc2c(cc1OC)CCCC(C(=O)O)=C2.Cl. The Hall–Kier alpha value is -1.68. The van der Waals surface area contributed by atoms with Crippen LogP contribution < -0.4 is 9.47 Å². The van der Waals surface area contributed by atoms with Crippen LogP contribution in [0.5, 0.6) is 11.5 Å². The summed E-state index contributed by atoms with van der Waals surface area (Å²) in [6.07, 6.45) is 4.00. The molecule has 0 atom stereocenters. The third-order valence-electron chi connectivity index (χ3n) is 3.14. The summed E-state index contributed by atoms with van der Waals surface area (Å²) in [5, 5.41) is 9.09. The Kier molecular flexibility index (Phi) is 5.24. The summed E-state index contributed by atoms with van der Waals surface area (Å²) in [6, 6.07) is 3.76. The van der Waals surface area contributed by atoms with Gasteiger partial charge in [-0.3, -0.25) is 0 Å². The quantitative estimate of drug-likeness (QED) is 0.927. The van der Waals surface area contributed by atoms with Gasteiger partial charge >= 0.3 is 5.97 Å². The molecule has 2 rings (SSSR count). The van der Waals surface area contributed by atoms with Crippen LogP contribution in [0.4, 0.5) is 0 Å². The number of hydrogen-bond acceptors (Lipinski definition) is 3. The van der Waals surface area contributed by atoms with E-state index >= 15 is 0 Å². The number of methoxy groups -OCH3 is 2. The lowest BCUT2D eigenvalue weighted by molar-refractivity contribution is -0.132. The minimum Gasteiger partial charge on any atom is -0.493 e. The summed E-state index contributed by atoms with van der Waals surface area (Å²) in [4.78, 5) is 11.1. The molecule has 104 valence electrons. The second-order valence-corrected chi connectivity index (χ2v) is 4.23. The van der Waals surface area contributed by atoms with Gasteiger partial charge in [0.05, 0.1) is 14.2 Å². The zero-order valence-corrected chi connectivity index (χ0v) is 11.8. The van der Waals surface area contributed by atoms with E-state index in [1.54, 1.807) is 20.3 Å². The average Bonchev–Trinajstić information content (AvgIpc) is 2.58. The molecule has 5 heteroatoms. The number of aryl methyl sites for hydroxylation is 1. The van der Waals surface area contributed by atoms with Crippen molar-refractivity contribution in [3.8, 4) is 11.5 Å². The molecule has 0 saturated heterocycles. The zero-order chi connectivity index (χ0) is 13.1. The molecule has 4 nitrogen and oxygen atoms in total. The lowest BCUT2D eigenvalue weighted by Gasteiger charge is -2.11. The molecule has 0 unspecified atom stereocenters. The molecule has 0 saturated carbocycles. The summed E-state index contributed by atoms with van der Waals surface area (Å²) in [5.41, 5.74) is 2.45. The third kappa shape index (κ3) is 3.20. The van der Waals surface area contributed by atoms with E-state index in [2.05, 4.69) is 0 Å². The molecular weight excluding hydrogens is 268 g/mol. The van der Waals surface area contributed by atoms with Crippen molar-refractivity contribution < 1.29 is 19.4 Å². The molecule has 1 aromatic carbocycles. The van der Waals surface area contributed by atoms with Crippen molar-refractivity contribution in [3.05, 3.63) is 28.8 Å². The van der Waals surface area contributed by atoms with Gasteiger partial charge in [0.15, 0.2) is 11.5 Å². The smallest absolute Gasteiger partial charge is 0.331 e.